The summed E-state index contributed by atoms with van der Waals surface area (Å²) in [6.45, 7) is 1.39. The maximum atomic E-state index is 8.11. The van der Waals surface area contributed by atoms with Crippen LogP contribution in [0.1, 0.15) is 6.92 Å². The normalized spacial score (nSPS) is 12.3. The smallest absolute Gasteiger partial charge is 0.0742 e. The summed E-state index contributed by atoms with van der Waals surface area (Å²) in [6.07, 6.45) is -0.560. The summed E-state index contributed by atoms with van der Waals surface area (Å²) >= 11 is 0. The average molecular weight is 167 g/mol. The lowest BCUT2D eigenvalue weighted by Crippen LogP contribution is -2.27. The van der Waals surface area contributed by atoms with Crippen LogP contribution in [0.3, 0.4) is 0 Å². The molecule has 0 radical (unpaired) electrons. The van der Waals surface area contributed by atoms with E-state index in [9.17, 15) is 0 Å². The van der Waals surface area contributed by atoms with Crippen molar-refractivity contribution in [3.63, 3.8) is 0 Å². The van der Waals surface area contributed by atoms with E-state index >= 15 is 0 Å². The van der Waals surface area contributed by atoms with Gasteiger partial charge in [-0.1, -0.05) is 0 Å². The highest BCUT2D eigenvalue weighted by Crippen LogP contribution is 1.73. The minimum atomic E-state index is -0.560. The van der Waals surface area contributed by atoms with E-state index in [1.807, 2.05) is 0 Å². The molecule has 1 unspecified atom stereocenters. The van der Waals surface area contributed by atoms with E-state index < -0.39 is 6.10 Å². The molecule has 0 aliphatic carbocycles. The van der Waals surface area contributed by atoms with Gasteiger partial charge in [-0.2, -0.15) is 0 Å². The topological polar surface area (TPSA) is 70.5 Å². The molecule has 11 heavy (non-hydrogen) atoms. The molecule has 0 aromatic heterocycles. The standard InChI is InChI=1S/C4H12N.C3H8O2.H2O/c1-5(2,3)4;1-3(5)2-4;/h1-4H3;3-5H,2H2,1H3;1H2/q+1;;/p-1. The van der Waals surface area contributed by atoms with Gasteiger partial charge in [0.1, 0.15) is 0 Å². The first-order valence-electron chi connectivity index (χ1n) is 3.35. The number of hydrogen-bond donors (Lipinski definition) is 2. The van der Waals surface area contributed by atoms with Crippen LogP contribution in [0.2, 0.25) is 0 Å². The van der Waals surface area contributed by atoms with Crippen molar-refractivity contribution in [3.05, 3.63) is 0 Å². The Labute approximate surface area is 69.0 Å². The predicted octanol–water partition coefficient (Wildman–Crippen LogP) is -0.495. The fraction of sp³-hybridized carbons (Fsp3) is 1.00. The van der Waals surface area contributed by atoms with Gasteiger partial charge < -0.3 is 20.2 Å². The van der Waals surface area contributed by atoms with Gasteiger partial charge in [-0.15, -0.1) is 0 Å². The average Bonchev–Trinajstić information content (AvgIpc) is 1.61. The van der Waals surface area contributed by atoms with Crippen molar-refractivity contribution in [3.8, 4) is 0 Å². The summed E-state index contributed by atoms with van der Waals surface area (Å²) in [5.74, 6) is 0. The molecule has 0 aliphatic rings. The third-order valence-corrected chi connectivity index (χ3v) is 0.264. The molecule has 0 fully saturated rings. The molecule has 0 saturated heterocycles. The van der Waals surface area contributed by atoms with Crippen molar-refractivity contribution in [2.45, 2.75) is 13.0 Å². The van der Waals surface area contributed by atoms with Crippen LogP contribution in [0.4, 0.5) is 0 Å². The molecule has 4 nitrogen and oxygen atoms in total. The van der Waals surface area contributed by atoms with Crippen molar-refractivity contribution in [2.75, 3.05) is 34.8 Å². The molecular weight excluding hydrogens is 146 g/mol. The maximum absolute atomic E-state index is 8.11. The second kappa shape index (κ2) is 7.94. The first kappa shape index (κ1) is 17.1. The lowest BCUT2D eigenvalue weighted by atomic mass is 10.5. The first-order valence-corrected chi connectivity index (χ1v) is 3.35. The minimum absolute atomic E-state index is 0. The van der Waals surface area contributed by atoms with Gasteiger partial charge >= 0.3 is 0 Å². The van der Waals surface area contributed by atoms with Crippen molar-refractivity contribution in [2.24, 2.45) is 0 Å². The second-order valence-electron chi connectivity index (χ2n) is 3.71. The van der Waals surface area contributed by atoms with E-state index in [0.29, 0.717) is 0 Å². The van der Waals surface area contributed by atoms with Crippen LogP contribution in [-0.4, -0.2) is 61.1 Å². The number of quaternary nitrogens is 1. The van der Waals surface area contributed by atoms with Gasteiger partial charge in [0, 0.05) is 0 Å². The Hall–Kier alpha value is -0.160. The highest BCUT2D eigenvalue weighted by molar-refractivity contribution is 4.34. The van der Waals surface area contributed by atoms with Crippen LogP contribution in [0, 0.1) is 0 Å². The quantitative estimate of drug-likeness (QED) is 0.517. The lowest BCUT2D eigenvalue weighted by Gasteiger charge is -2.14. The summed E-state index contributed by atoms with van der Waals surface area (Å²) in [5.41, 5.74) is 0. The molecule has 4 heteroatoms. The highest BCUT2D eigenvalue weighted by Gasteiger charge is 1.88. The molecule has 0 heterocycles. The van der Waals surface area contributed by atoms with Crippen LogP contribution in [-0.2, 0) is 0 Å². The SMILES string of the molecule is CC(O)CO.C[N+](C)(C)C.[OH-]. The molecule has 72 valence electrons. The minimum Gasteiger partial charge on any atom is -0.870 e. The fourth-order valence-corrected chi connectivity index (χ4v) is 0. The van der Waals surface area contributed by atoms with Crippen molar-refractivity contribution in [1.29, 1.82) is 0 Å². The summed E-state index contributed by atoms with van der Waals surface area (Å²) in [6, 6.07) is 0. The Bertz CT molecular complexity index is 62.6. The summed E-state index contributed by atoms with van der Waals surface area (Å²) in [7, 11) is 8.50. The van der Waals surface area contributed by atoms with Crippen molar-refractivity contribution >= 4 is 0 Å². The monoisotopic (exact) mass is 167 g/mol. The Morgan fingerprint density at radius 3 is 1.27 bits per heavy atom. The third-order valence-electron chi connectivity index (χ3n) is 0.264. The van der Waals surface area contributed by atoms with Gasteiger partial charge in [0.2, 0.25) is 0 Å². The van der Waals surface area contributed by atoms with E-state index in [2.05, 4.69) is 28.2 Å². The molecule has 0 aromatic rings. The van der Waals surface area contributed by atoms with E-state index in [4.69, 9.17) is 10.2 Å². The number of nitrogens with zero attached hydrogens (tertiary/aromatic N) is 1. The van der Waals surface area contributed by atoms with Gasteiger partial charge in [-0.25, -0.2) is 0 Å². The fourth-order valence-electron chi connectivity index (χ4n) is 0. The molecule has 0 aliphatic heterocycles. The zero-order chi connectivity index (χ0) is 8.78. The third kappa shape index (κ3) is 179. The Kier molecular flexibility index (Phi) is 12.3. The second-order valence-corrected chi connectivity index (χ2v) is 3.71. The highest BCUT2D eigenvalue weighted by atomic mass is 16.3. The van der Waals surface area contributed by atoms with Gasteiger partial charge in [0.15, 0.2) is 0 Å². The molecule has 0 aromatic carbocycles. The van der Waals surface area contributed by atoms with E-state index in [-0.39, 0.29) is 12.1 Å². The molecule has 3 N–H and O–H groups in total. The predicted molar refractivity (Wildman–Crippen MR) is 44.7 cm³/mol. The van der Waals surface area contributed by atoms with Crippen LogP contribution >= 0.6 is 0 Å². The Balaban J connectivity index is -0.000000107. The van der Waals surface area contributed by atoms with Gasteiger partial charge in [-0.3, -0.25) is 0 Å². The molecule has 1 atom stereocenters. The van der Waals surface area contributed by atoms with Gasteiger partial charge in [0.05, 0.1) is 40.9 Å². The van der Waals surface area contributed by atoms with Gasteiger partial charge in [0.25, 0.3) is 0 Å². The maximum Gasteiger partial charge on any atom is 0.0742 e. The Morgan fingerprint density at radius 2 is 1.27 bits per heavy atom. The van der Waals surface area contributed by atoms with Crippen LogP contribution in [0.5, 0.6) is 0 Å². The van der Waals surface area contributed by atoms with Crippen molar-refractivity contribution < 1.29 is 20.2 Å². The first-order chi connectivity index (χ1) is 4.27. The Morgan fingerprint density at radius 1 is 1.18 bits per heavy atom. The van der Waals surface area contributed by atoms with Crippen LogP contribution in [0.25, 0.3) is 0 Å². The summed E-state index contributed by atoms with van der Waals surface area (Å²) < 4.78 is 1.00. The van der Waals surface area contributed by atoms with E-state index in [1.54, 1.807) is 0 Å². The molecular formula is C7H21NO3. The summed E-state index contributed by atoms with van der Waals surface area (Å²) in [5, 5.41) is 16.0. The lowest BCUT2D eigenvalue weighted by molar-refractivity contribution is -0.849. The zero-order valence-electron chi connectivity index (χ0n) is 8.07. The number of aliphatic hydroxyl groups excluding tert-OH is 2. The van der Waals surface area contributed by atoms with Crippen LogP contribution in [0.15, 0.2) is 0 Å². The summed E-state index contributed by atoms with van der Waals surface area (Å²) in [4.78, 5) is 0. The molecule has 0 saturated carbocycles. The van der Waals surface area contributed by atoms with Crippen LogP contribution < -0.4 is 0 Å². The molecule has 0 amide bonds. The largest absolute Gasteiger partial charge is 0.870 e. The molecule has 0 rings (SSSR count). The van der Waals surface area contributed by atoms with Crippen molar-refractivity contribution in [1.82, 2.24) is 0 Å². The zero-order valence-corrected chi connectivity index (χ0v) is 8.07. The van der Waals surface area contributed by atoms with E-state index in [1.165, 1.54) is 6.92 Å². The number of hydrogen-bond acceptors (Lipinski definition) is 3. The number of rotatable bonds is 1. The molecule has 0 bridgehead atoms. The van der Waals surface area contributed by atoms with Gasteiger partial charge in [-0.05, 0) is 6.92 Å². The van der Waals surface area contributed by atoms with E-state index in [0.717, 1.165) is 4.48 Å². The number of aliphatic hydroxyl groups is 2. The molecule has 0 spiro atoms.